The van der Waals surface area contributed by atoms with Gasteiger partial charge in [0.1, 0.15) is 25.5 Å². The zero-order chi connectivity index (χ0) is 22.5. The number of carbonyl (C=O) groups excluding carboxylic acids is 2. The van der Waals surface area contributed by atoms with Crippen LogP contribution in [0, 0.1) is 0 Å². The van der Waals surface area contributed by atoms with Crippen LogP contribution >= 0.6 is 0 Å². The van der Waals surface area contributed by atoms with Gasteiger partial charge in [-0.2, -0.15) is 0 Å². The fourth-order valence-electron chi connectivity index (χ4n) is 2.54. The minimum absolute atomic E-state index is 0.177. The molecule has 1 amide bonds. The fraction of sp³-hybridized carbons (Fsp3) is 0.333. The van der Waals surface area contributed by atoms with Crippen molar-refractivity contribution in [2.75, 3.05) is 26.4 Å². The van der Waals surface area contributed by atoms with Crippen molar-refractivity contribution >= 4 is 18.0 Å². The fourth-order valence-corrected chi connectivity index (χ4v) is 2.54. The predicted molar refractivity (Wildman–Crippen MR) is 118 cm³/mol. The summed E-state index contributed by atoms with van der Waals surface area (Å²) in [5.41, 5.74) is 0.760. The molecule has 0 aromatic heterocycles. The van der Waals surface area contributed by atoms with Crippen molar-refractivity contribution in [3.63, 3.8) is 0 Å². The second kappa shape index (κ2) is 13.0. The summed E-state index contributed by atoms with van der Waals surface area (Å²) in [5.74, 6) is 1.08. The molecule has 0 aliphatic heterocycles. The van der Waals surface area contributed by atoms with Crippen LogP contribution in [0.2, 0.25) is 0 Å². The third kappa shape index (κ3) is 9.25. The van der Waals surface area contributed by atoms with Gasteiger partial charge in [0.25, 0.3) is 0 Å². The van der Waals surface area contributed by atoms with Gasteiger partial charge in [-0.15, -0.1) is 0 Å². The summed E-state index contributed by atoms with van der Waals surface area (Å²) in [6.07, 6.45) is 2.76. The van der Waals surface area contributed by atoms with Gasteiger partial charge in [-0.3, -0.25) is 9.59 Å². The van der Waals surface area contributed by atoms with Crippen LogP contribution in [0.25, 0.3) is 6.08 Å². The summed E-state index contributed by atoms with van der Waals surface area (Å²) in [6.45, 7) is 6.44. The molecule has 0 spiro atoms. The number of hydrogen-bond donors (Lipinski definition) is 1. The van der Waals surface area contributed by atoms with Crippen molar-refractivity contribution < 1.29 is 28.5 Å². The van der Waals surface area contributed by atoms with Gasteiger partial charge in [0.15, 0.2) is 11.5 Å². The number of esters is 1. The molecule has 7 nitrogen and oxygen atoms in total. The summed E-state index contributed by atoms with van der Waals surface area (Å²) in [5, 5.41) is 2.49. The quantitative estimate of drug-likeness (QED) is 0.316. The maximum Gasteiger partial charge on any atom is 0.325 e. The van der Waals surface area contributed by atoms with Gasteiger partial charge in [-0.05, 0) is 56.7 Å². The van der Waals surface area contributed by atoms with Crippen molar-refractivity contribution in [2.24, 2.45) is 0 Å². The number of para-hydroxylation sites is 1. The first-order chi connectivity index (χ1) is 15.0. The minimum atomic E-state index is -0.479. The Kier molecular flexibility index (Phi) is 9.94. The van der Waals surface area contributed by atoms with Crippen LogP contribution in [0.15, 0.2) is 54.6 Å². The van der Waals surface area contributed by atoms with Crippen molar-refractivity contribution in [1.29, 1.82) is 0 Å². The van der Waals surface area contributed by atoms with Crippen LogP contribution in [-0.4, -0.2) is 44.3 Å². The van der Waals surface area contributed by atoms with Gasteiger partial charge in [-0.1, -0.05) is 24.3 Å². The molecule has 0 aliphatic rings. The maximum absolute atomic E-state index is 11.9. The van der Waals surface area contributed by atoms with Gasteiger partial charge in [0.2, 0.25) is 5.91 Å². The van der Waals surface area contributed by atoms with E-state index >= 15 is 0 Å². The summed E-state index contributed by atoms with van der Waals surface area (Å²) < 4.78 is 22.0. The third-order valence-corrected chi connectivity index (χ3v) is 3.82. The lowest BCUT2D eigenvalue weighted by atomic mass is 10.2. The lowest BCUT2D eigenvalue weighted by molar-refractivity contribution is -0.147. The number of nitrogens with one attached hydrogen (secondary N) is 1. The number of rotatable bonds is 12. The van der Waals surface area contributed by atoms with Crippen LogP contribution < -0.4 is 19.5 Å². The van der Waals surface area contributed by atoms with Gasteiger partial charge >= 0.3 is 5.97 Å². The van der Waals surface area contributed by atoms with E-state index in [2.05, 4.69) is 5.32 Å². The lowest BCUT2D eigenvalue weighted by Crippen LogP contribution is -2.30. The zero-order valence-corrected chi connectivity index (χ0v) is 18.1. The highest BCUT2D eigenvalue weighted by Crippen LogP contribution is 2.29. The van der Waals surface area contributed by atoms with E-state index in [0.717, 1.165) is 11.3 Å². The Balaban J connectivity index is 1.87. The zero-order valence-electron chi connectivity index (χ0n) is 18.1. The topological polar surface area (TPSA) is 83.1 Å². The van der Waals surface area contributed by atoms with Gasteiger partial charge in [0.05, 0.1) is 12.7 Å². The molecule has 2 aromatic rings. The Morgan fingerprint density at radius 2 is 1.71 bits per heavy atom. The molecule has 1 N–H and O–H groups in total. The Bertz CT molecular complexity index is 864. The van der Waals surface area contributed by atoms with E-state index in [1.54, 1.807) is 32.1 Å². The Hall–Kier alpha value is -3.48. The molecule has 7 heteroatoms. The van der Waals surface area contributed by atoms with Crippen LogP contribution in [0.4, 0.5) is 0 Å². The van der Waals surface area contributed by atoms with E-state index < -0.39 is 11.9 Å². The first-order valence-corrected chi connectivity index (χ1v) is 10.2. The Morgan fingerprint density at radius 3 is 2.42 bits per heavy atom. The molecule has 0 bridgehead atoms. The molecule has 31 heavy (non-hydrogen) atoms. The summed E-state index contributed by atoms with van der Waals surface area (Å²) in [6, 6.07) is 14.9. The Labute approximate surface area is 183 Å². The molecule has 0 radical (unpaired) electrons. The lowest BCUT2D eigenvalue weighted by Gasteiger charge is -2.13. The maximum atomic E-state index is 11.9. The van der Waals surface area contributed by atoms with Crippen molar-refractivity contribution in [1.82, 2.24) is 5.32 Å². The summed E-state index contributed by atoms with van der Waals surface area (Å²) in [7, 11) is 0. The molecule has 0 aliphatic carbocycles. The monoisotopic (exact) mass is 427 g/mol. The summed E-state index contributed by atoms with van der Waals surface area (Å²) in [4.78, 5) is 23.4. The van der Waals surface area contributed by atoms with Crippen LogP contribution in [0.5, 0.6) is 17.2 Å². The average molecular weight is 427 g/mol. The van der Waals surface area contributed by atoms with E-state index in [1.807, 2.05) is 43.3 Å². The predicted octanol–water partition coefficient (Wildman–Crippen LogP) is 3.62. The van der Waals surface area contributed by atoms with E-state index in [0.29, 0.717) is 31.3 Å². The molecule has 0 heterocycles. The van der Waals surface area contributed by atoms with E-state index in [4.69, 9.17) is 18.9 Å². The summed E-state index contributed by atoms with van der Waals surface area (Å²) >= 11 is 0. The van der Waals surface area contributed by atoms with Crippen molar-refractivity contribution in [3.8, 4) is 17.2 Å². The molecule has 0 saturated heterocycles. The van der Waals surface area contributed by atoms with Crippen molar-refractivity contribution in [2.45, 2.75) is 26.9 Å². The first kappa shape index (κ1) is 23.8. The molecule has 166 valence electrons. The highest BCUT2D eigenvalue weighted by atomic mass is 16.5. The molecular weight excluding hydrogens is 398 g/mol. The van der Waals surface area contributed by atoms with Crippen LogP contribution in [0.3, 0.4) is 0 Å². The normalized spacial score (nSPS) is 10.7. The SMILES string of the molecule is CCOc1cc(/C=C/C(=O)NCC(=O)OC(C)C)ccc1OCCOc1ccccc1. The number of benzene rings is 2. The van der Waals surface area contributed by atoms with Gasteiger partial charge in [0, 0.05) is 6.08 Å². The smallest absolute Gasteiger partial charge is 0.325 e. The van der Waals surface area contributed by atoms with E-state index in [1.165, 1.54) is 6.08 Å². The molecule has 2 aromatic carbocycles. The van der Waals surface area contributed by atoms with Crippen LogP contribution in [0.1, 0.15) is 26.3 Å². The number of carbonyl (C=O) groups is 2. The molecule has 2 rings (SSSR count). The third-order valence-electron chi connectivity index (χ3n) is 3.82. The molecule has 0 atom stereocenters. The number of amides is 1. The number of hydrogen-bond acceptors (Lipinski definition) is 6. The Morgan fingerprint density at radius 1 is 0.968 bits per heavy atom. The van der Waals surface area contributed by atoms with Crippen molar-refractivity contribution in [3.05, 3.63) is 60.2 Å². The van der Waals surface area contributed by atoms with Gasteiger partial charge < -0.3 is 24.3 Å². The second-order valence-electron chi connectivity index (χ2n) is 6.74. The average Bonchev–Trinajstić information content (AvgIpc) is 2.75. The second-order valence-corrected chi connectivity index (χ2v) is 6.74. The molecule has 0 unspecified atom stereocenters. The molecule has 0 saturated carbocycles. The largest absolute Gasteiger partial charge is 0.490 e. The van der Waals surface area contributed by atoms with E-state index in [9.17, 15) is 9.59 Å². The number of ether oxygens (including phenoxy) is 4. The highest BCUT2D eigenvalue weighted by molar-refractivity contribution is 5.93. The first-order valence-electron chi connectivity index (χ1n) is 10.2. The minimum Gasteiger partial charge on any atom is -0.490 e. The van der Waals surface area contributed by atoms with E-state index in [-0.39, 0.29) is 12.6 Å². The standard InChI is InChI=1S/C24H29NO6/c1-4-28-22-16-19(11-13-23(26)25-17-24(27)31-18(2)3)10-12-21(22)30-15-14-29-20-8-6-5-7-9-20/h5-13,16,18H,4,14-15,17H2,1-3H3,(H,25,26)/b13-11+. The molecular formula is C24H29NO6. The molecule has 0 fully saturated rings. The highest BCUT2D eigenvalue weighted by Gasteiger charge is 2.08. The van der Waals surface area contributed by atoms with Gasteiger partial charge in [-0.25, -0.2) is 0 Å². The van der Waals surface area contributed by atoms with Crippen LogP contribution in [-0.2, 0) is 14.3 Å².